The fourth-order valence-corrected chi connectivity index (χ4v) is 2.64. The lowest BCUT2D eigenvalue weighted by atomic mass is 9.85. The van der Waals surface area contributed by atoms with Crippen LogP contribution in [0.3, 0.4) is 0 Å². The molecule has 4 nitrogen and oxygen atoms in total. The van der Waals surface area contributed by atoms with Crippen molar-refractivity contribution in [1.29, 1.82) is 0 Å². The summed E-state index contributed by atoms with van der Waals surface area (Å²) in [4.78, 5) is 4.23. The second kappa shape index (κ2) is 6.05. The van der Waals surface area contributed by atoms with Crippen LogP contribution >= 0.6 is 0 Å². The van der Waals surface area contributed by atoms with Crippen molar-refractivity contribution in [3.8, 4) is 5.75 Å². The van der Waals surface area contributed by atoms with Gasteiger partial charge in [0.1, 0.15) is 0 Å². The van der Waals surface area contributed by atoms with Crippen molar-refractivity contribution in [3.63, 3.8) is 0 Å². The monoisotopic (exact) mass is 250 g/mol. The highest BCUT2D eigenvalue weighted by Gasteiger charge is 2.25. The van der Waals surface area contributed by atoms with Gasteiger partial charge in [-0.3, -0.25) is 4.98 Å². The average Bonchev–Trinajstić information content (AvgIpc) is 2.40. The minimum absolute atomic E-state index is 0.254. The summed E-state index contributed by atoms with van der Waals surface area (Å²) in [5.41, 5.74) is 1.95. The third-order valence-electron chi connectivity index (χ3n) is 3.71. The zero-order chi connectivity index (χ0) is 13.0. The van der Waals surface area contributed by atoms with Crippen LogP contribution in [-0.4, -0.2) is 29.8 Å². The van der Waals surface area contributed by atoms with Crippen LogP contribution in [0.4, 0.5) is 5.69 Å². The van der Waals surface area contributed by atoms with Crippen molar-refractivity contribution in [2.45, 2.75) is 38.6 Å². The number of aliphatic hydroxyl groups is 1. The molecule has 0 spiro atoms. The van der Waals surface area contributed by atoms with Gasteiger partial charge in [0, 0.05) is 24.3 Å². The fraction of sp³-hybridized carbons (Fsp3) is 0.643. The molecule has 2 N–H and O–H groups in total. The minimum Gasteiger partial charge on any atom is -0.493 e. The summed E-state index contributed by atoms with van der Waals surface area (Å²) in [6.45, 7) is 2.22. The first-order chi connectivity index (χ1) is 8.74. The molecular weight excluding hydrogens is 228 g/mol. The molecule has 1 fully saturated rings. The molecule has 2 unspecified atom stereocenters. The molecule has 1 heterocycles. The smallest absolute Gasteiger partial charge is 0.160 e. The number of aliphatic hydroxyl groups excluding tert-OH is 1. The third-order valence-corrected chi connectivity index (χ3v) is 3.71. The summed E-state index contributed by atoms with van der Waals surface area (Å²) in [5, 5.41) is 13.0. The van der Waals surface area contributed by atoms with Gasteiger partial charge in [0.15, 0.2) is 5.75 Å². The number of aryl methyl sites for hydroxylation is 1. The van der Waals surface area contributed by atoms with E-state index in [2.05, 4.69) is 10.3 Å². The van der Waals surface area contributed by atoms with Crippen LogP contribution in [0.2, 0.25) is 0 Å². The maximum atomic E-state index is 9.44. The predicted molar refractivity (Wildman–Crippen MR) is 72.0 cm³/mol. The van der Waals surface area contributed by atoms with Crippen LogP contribution in [0.25, 0.3) is 0 Å². The molecule has 4 heteroatoms. The summed E-state index contributed by atoms with van der Waals surface area (Å²) in [6.07, 6.45) is 6.39. The zero-order valence-corrected chi connectivity index (χ0v) is 11.1. The molecule has 1 aliphatic carbocycles. The molecule has 0 radical (unpaired) electrons. The summed E-state index contributed by atoms with van der Waals surface area (Å²) in [6, 6.07) is 2.33. The Balaban J connectivity index is 2.14. The maximum Gasteiger partial charge on any atom is 0.160 e. The highest BCUT2D eigenvalue weighted by molar-refractivity contribution is 5.56. The molecule has 0 bridgehead atoms. The molecular formula is C14H22N2O2. The molecule has 0 aliphatic heterocycles. The molecule has 2 atom stereocenters. The van der Waals surface area contributed by atoms with E-state index in [-0.39, 0.29) is 6.61 Å². The number of rotatable bonds is 4. The second-order valence-electron chi connectivity index (χ2n) is 5.00. The van der Waals surface area contributed by atoms with E-state index in [0.29, 0.717) is 12.0 Å². The highest BCUT2D eigenvalue weighted by Crippen LogP contribution is 2.30. The lowest BCUT2D eigenvalue weighted by Crippen LogP contribution is -2.34. The van der Waals surface area contributed by atoms with Crippen molar-refractivity contribution >= 4 is 5.69 Å². The number of nitrogens with one attached hydrogen (secondary N) is 1. The van der Waals surface area contributed by atoms with Crippen LogP contribution in [-0.2, 0) is 0 Å². The number of methoxy groups -OCH3 is 1. The molecule has 0 amide bonds. The van der Waals surface area contributed by atoms with Gasteiger partial charge in [-0.1, -0.05) is 12.8 Å². The van der Waals surface area contributed by atoms with Crippen molar-refractivity contribution in [2.24, 2.45) is 5.92 Å². The largest absolute Gasteiger partial charge is 0.493 e. The van der Waals surface area contributed by atoms with Crippen molar-refractivity contribution in [3.05, 3.63) is 18.0 Å². The topological polar surface area (TPSA) is 54.4 Å². The number of ether oxygens (including phenoxy) is 1. The quantitative estimate of drug-likeness (QED) is 0.861. The fourth-order valence-electron chi connectivity index (χ4n) is 2.64. The summed E-state index contributed by atoms with van der Waals surface area (Å²) < 4.78 is 5.32. The van der Waals surface area contributed by atoms with Gasteiger partial charge in [0.25, 0.3) is 0 Å². The van der Waals surface area contributed by atoms with Gasteiger partial charge in [0.2, 0.25) is 0 Å². The van der Waals surface area contributed by atoms with Gasteiger partial charge in [0.05, 0.1) is 19.0 Å². The number of anilines is 1. The number of nitrogens with zero attached hydrogens (tertiary/aromatic N) is 1. The molecule has 18 heavy (non-hydrogen) atoms. The summed E-state index contributed by atoms with van der Waals surface area (Å²) in [5.74, 6) is 1.11. The van der Waals surface area contributed by atoms with E-state index in [1.54, 1.807) is 13.3 Å². The van der Waals surface area contributed by atoms with E-state index in [0.717, 1.165) is 30.0 Å². The van der Waals surface area contributed by atoms with Crippen LogP contribution in [0.5, 0.6) is 5.75 Å². The van der Waals surface area contributed by atoms with Crippen LogP contribution in [0.15, 0.2) is 12.3 Å². The zero-order valence-electron chi connectivity index (χ0n) is 11.1. The predicted octanol–water partition coefficient (Wildman–Crippen LogP) is 2.36. The van der Waals surface area contributed by atoms with Gasteiger partial charge in [-0.05, 0) is 25.8 Å². The third kappa shape index (κ3) is 2.93. The van der Waals surface area contributed by atoms with Crippen molar-refractivity contribution in [1.82, 2.24) is 4.98 Å². The van der Waals surface area contributed by atoms with E-state index in [9.17, 15) is 5.11 Å². The Morgan fingerprint density at radius 2 is 2.22 bits per heavy atom. The van der Waals surface area contributed by atoms with Gasteiger partial charge < -0.3 is 15.2 Å². The molecule has 100 valence electrons. The SMILES string of the molecule is COc1cnc(C)cc1NC1CCCCC1CO. The molecule has 1 aromatic heterocycles. The average molecular weight is 250 g/mol. The van der Waals surface area contributed by atoms with Gasteiger partial charge in [-0.25, -0.2) is 0 Å². The Bertz CT molecular complexity index is 395. The molecule has 1 aromatic rings. The Morgan fingerprint density at radius 3 is 2.94 bits per heavy atom. The van der Waals surface area contributed by atoms with Crippen LogP contribution in [0, 0.1) is 12.8 Å². The van der Waals surface area contributed by atoms with Gasteiger partial charge in [-0.15, -0.1) is 0 Å². The van der Waals surface area contributed by atoms with E-state index in [4.69, 9.17) is 4.74 Å². The number of hydrogen-bond acceptors (Lipinski definition) is 4. The van der Waals surface area contributed by atoms with E-state index in [1.165, 1.54) is 12.8 Å². The van der Waals surface area contributed by atoms with E-state index in [1.807, 2.05) is 13.0 Å². The normalized spacial score (nSPS) is 23.7. The van der Waals surface area contributed by atoms with Gasteiger partial charge in [-0.2, -0.15) is 0 Å². The minimum atomic E-state index is 0.254. The number of aromatic nitrogens is 1. The molecule has 1 saturated carbocycles. The first-order valence-electron chi connectivity index (χ1n) is 6.62. The summed E-state index contributed by atoms with van der Waals surface area (Å²) in [7, 11) is 1.65. The lowest BCUT2D eigenvalue weighted by Gasteiger charge is -2.32. The highest BCUT2D eigenvalue weighted by atomic mass is 16.5. The maximum absolute atomic E-state index is 9.44. The van der Waals surface area contributed by atoms with E-state index < -0.39 is 0 Å². The second-order valence-corrected chi connectivity index (χ2v) is 5.00. The Morgan fingerprint density at radius 1 is 1.44 bits per heavy atom. The van der Waals surface area contributed by atoms with E-state index >= 15 is 0 Å². The van der Waals surface area contributed by atoms with Crippen molar-refractivity contribution in [2.75, 3.05) is 19.0 Å². The van der Waals surface area contributed by atoms with Crippen LogP contribution < -0.4 is 10.1 Å². The lowest BCUT2D eigenvalue weighted by molar-refractivity contribution is 0.178. The Labute approximate surface area is 108 Å². The standard InChI is InChI=1S/C14H22N2O2/c1-10-7-13(14(18-2)8-15-10)16-12-6-4-3-5-11(12)9-17/h7-8,11-12,17H,3-6,9H2,1-2H3,(H,15,16). The van der Waals surface area contributed by atoms with Gasteiger partial charge >= 0.3 is 0 Å². The van der Waals surface area contributed by atoms with Crippen LogP contribution in [0.1, 0.15) is 31.4 Å². The van der Waals surface area contributed by atoms with Crippen molar-refractivity contribution < 1.29 is 9.84 Å². The first kappa shape index (κ1) is 13.1. The molecule has 0 aromatic carbocycles. The molecule has 1 aliphatic rings. The first-order valence-corrected chi connectivity index (χ1v) is 6.62. The Kier molecular flexibility index (Phi) is 4.42. The summed E-state index contributed by atoms with van der Waals surface area (Å²) >= 11 is 0. The number of pyridine rings is 1. The molecule has 2 rings (SSSR count). The number of hydrogen-bond donors (Lipinski definition) is 2. The molecule has 0 saturated heterocycles. The Hall–Kier alpha value is -1.29.